The zero-order chi connectivity index (χ0) is 20.5. The number of benzene rings is 2. The van der Waals surface area contributed by atoms with Crippen molar-refractivity contribution in [1.29, 1.82) is 0 Å². The molecule has 0 bridgehead atoms. The molecular formula is C21H18ClFN4OS. The minimum absolute atomic E-state index is 0.275. The number of rotatable bonds is 4. The van der Waals surface area contributed by atoms with Crippen LogP contribution in [0.5, 0.6) is 0 Å². The maximum Gasteiger partial charge on any atom is 0.258 e. The van der Waals surface area contributed by atoms with Crippen LogP contribution in [0, 0.1) is 5.82 Å². The van der Waals surface area contributed by atoms with E-state index in [-0.39, 0.29) is 11.9 Å². The summed E-state index contributed by atoms with van der Waals surface area (Å²) in [6.07, 6.45) is 0. The molecule has 4 rings (SSSR count). The molecule has 0 radical (unpaired) electrons. The summed E-state index contributed by atoms with van der Waals surface area (Å²) in [5.41, 5.74) is 3.25. The van der Waals surface area contributed by atoms with Crippen molar-refractivity contribution in [3.63, 3.8) is 0 Å². The van der Waals surface area contributed by atoms with Gasteiger partial charge in [-0.25, -0.2) is 4.39 Å². The molecule has 1 unspecified atom stereocenters. The topological polar surface area (TPSA) is 54.2 Å². The summed E-state index contributed by atoms with van der Waals surface area (Å²) in [5, 5.41) is 8.69. The van der Waals surface area contributed by atoms with Crippen LogP contribution in [0.4, 0.5) is 4.39 Å². The lowest BCUT2D eigenvalue weighted by atomic mass is 9.95. The van der Waals surface area contributed by atoms with Gasteiger partial charge in [0.15, 0.2) is 5.11 Å². The largest absolute Gasteiger partial charge is 0.351 e. The predicted octanol–water partition coefficient (Wildman–Crippen LogP) is 5.21. The molecule has 0 amide bonds. The average Bonchev–Trinajstić information content (AvgIpc) is 3.18. The van der Waals surface area contributed by atoms with Crippen LogP contribution in [0.1, 0.15) is 31.3 Å². The first-order valence-electron chi connectivity index (χ1n) is 9.12. The summed E-state index contributed by atoms with van der Waals surface area (Å²) in [7, 11) is 0. The van der Waals surface area contributed by atoms with Gasteiger partial charge in [-0.15, -0.1) is 0 Å². The maximum atomic E-state index is 13.6. The molecule has 8 heteroatoms. The Hall–Kier alpha value is -2.77. The molecule has 2 aromatic carbocycles. The van der Waals surface area contributed by atoms with Crippen molar-refractivity contribution in [3.8, 4) is 11.4 Å². The number of halogens is 2. The van der Waals surface area contributed by atoms with Gasteiger partial charge in [-0.2, -0.15) is 4.98 Å². The van der Waals surface area contributed by atoms with E-state index in [0.717, 1.165) is 16.8 Å². The van der Waals surface area contributed by atoms with Gasteiger partial charge in [0.25, 0.3) is 5.89 Å². The van der Waals surface area contributed by atoms with Crippen molar-refractivity contribution < 1.29 is 8.91 Å². The Morgan fingerprint density at radius 3 is 2.69 bits per heavy atom. The zero-order valence-corrected chi connectivity index (χ0v) is 17.4. The second kappa shape index (κ2) is 7.93. The quantitative estimate of drug-likeness (QED) is 0.575. The first kappa shape index (κ1) is 19.5. The summed E-state index contributed by atoms with van der Waals surface area (Å²) in [6, 6.07) is 13.3. The Labute approximate surface area is 178 Å². The van der Waals surface area contributed by atoms with E-state index in [0.29, 0.717) is 34.0 Å². The molecular weight excluding hydrogens is 411 g/mol. The van der Waals surface area contributed by atoms with Gasteiger partial charge >= 0.3 is 0 Å². The second-order valence-electron chi connectivity index (χ2n) is 6.61. The van der Waals surface area contributed by atoms with E-state index in [4.69, 9.17) is 28.3 Å². The van der Waals surface area contributed by atoms with Crippen LogP contribution >= 0.6 is 23.8 Å². The molecule has 1 aromatic heterocycles. The average molecular weight is 429 g/mol. The lowest BCUT2D eigenvalue weighted by molar-refractivity contribution is 0.398. The van der Waals surface area contributed by atoms with Gasteiger partial charge in [-0.1, -0.05) is 41.0 Å². The SMILES string of the molecule is CCN1C(=S)NC(c2ccc(Cl)cc2)C(c2nc(-c3cccc(F)c3)no2)=C1C. The van der Waals surface area contributed by atoms with Crippen LogP contribution in [-0.4, -0.2) is 26.7 Å². The number of nitrogens with one attached hydrogen (secondary N) is 1. The van der Waals surface area contributed by atoms with Crippen LogP contribution in [0.2, 0.25) is 5.02 Å². The molecule has 1 N–H and O–H groups in total. The van der Waals surface area contributed by atoms with Crippen LogP contribution < -0.4 is 5.32 Å². The van der Waals surface area contributed by atoms with Crippen LogP contribution in [-0.2, 0) is 0 Å². The Kier molecular flexibility index (Phi) is 5.34. The smallest absolute Gasteiger partial charge is 0.258 e. The first-order chi connectivity index (χ1) is 14.0. The number of aromatic nitrogens is 2. The third-order valence-corrected chi connectivity index (χ3v) is 5.45. The summed E-state index contributed by atoms with van der Waals surface area (Å²) >= 11 is 11.6. The van der Waals surface area contributed by atoms with Crippen molar-refractivity contribution in [1.82, 2.24) is 20.4 Å². The van der Waals surface area contributed by atoms with Crippen LogP contribution in [0.15, 0.2) is 58.8 Å². The summed E-state index contributed by atoms with van der Waals surface area (Å²) < 4.78 is 19.2. The normalized spacial score (nSPS) is 16.9. The van der Waals surface area contributed by atoms with Crippen molar-refractivity contribution in [2.24, 2.45) is 0 Å². The molecule has 3 aromatic rings. The van der Waals surface area contributed by atoms with E-state index in [1.54, 1.807) is 12.1 Å². The highest BCUT2D eigenvalue weighted by Crippen LogP contribution is 2.37. The minimum Gasteiger partial charge on any atom is -0.351 e. The van der Waals surface area contributed by atoms with E-state index >= 15 is 0 Å². The molecule has 0 aliphatic carbocycles. The predicted molar refractivity (Wildman–Crippen MR) is 115 cm³/mol. The van der Waals surface area contributed by atoms with Crippen LogP contribution in [0.3, 0.4) is 0 Å². The number of allylic oxidation sites excluding steroid dienone is 1. The first-order valence-corrected chi connectivity index (χ1v) is 9.91. The maximum absolute atomic E-state index is 13.6. The van der Waals surface area contributed by atoms with Crippen molar-refractivity contribution in [2.75, 3.05) is 6.54 Å². The molecule has 0 fully saturated rings. The fourth-order valence-corrected chi connectivity index (χ4v) is 3.93. The lowest BCUT2D eigenvalue weighted by Crippen LogP contribution is -2.45. The van der Waals surface area contributed by atoms with E-state index in [1.165, 1.54) is 12.1 Å². The van der Waals surface area contributed by atoms with Gasteiger partial charge < -0.3 is 14.7 Å². The lowest BCUT2D eigenvalue weighted by Gasteiger charge is -2.36. The monoisotopic (exact) mass is 428 g/mol. The van der Waals surface area contributed by atoms with Gasteiger partial charge in [-0.3, -0.25) is 0 Å². The van der Waals surface area contributed by atoms with Gasteiger partial charge in [0, 0.05) is 22.8 Å². The molecule has 1 aliphatic heterocycles. The summed E-state index contributed by atoms with van der Waals surface area (Å²) in [5.74, 6) is 0.325. The molecule has 0 spiro atoms. The highest BCUT2D eigenvalue weighted by Gasteiger charge is 2.33. The van der Waals surface area contributed by atoms with Gasteiger partial charge in [-0.05, 0) is 55.9 Å². The Morgan fingerprint density at radius 1 is 1.24 bits per heavy atom. The Balaban J connectivity index is 1.81. The highest BCUT2D eigenvalue weighted by molar-refractivity contribution is 7.80. The van der Waals surface area contributed by atoms with Crippen molar-refractivity contribution in [3.05, 3.63) is 76.5 Å². The standard InChI is InChI=1S/C21H18ClFN4OS/c1-3-27-12(2)17(18(24-21(27)29)13-7-9-15(22)10-8-13)20-25-19(26-28-20)14-5-4-6-16(23)11-14/h4-11,18H,3H2,1-2H3,(H,24,29). The fraction of sp³-hybridized carbons (Fsp3) is 0.190. The Bertz CT molecular complexity index is 1100. The van der Waals surface area contributed by atoms with E-state index in [2.05, 4.69) is 15.5 Å². The van der Waals surface area contributed by atoms with Crippen molar-refractivity contribution >= 4 is 34.5 Å². The third-order valence-electron chi connectivity index (χ3n) is 4.86. The Morgan fingerprint density at radius 2 is 2.00 bits per heavy atom. The van der Waals surface area contributed by atoms with Crippen LogP contribution in [0.25, 0.3) is 17.0 Å². The van der Waals surface area contributed by atoms with E-state index in [9.17, 15) is 4.39 Å². The molecule has 148 valence electrons. The second-order valence-corrected chi connectivity index (χ2v) is 7.43. The highest BCUT2D eigenvalue weighted by atomic mass is 35.5. The fourth-order valence-electron chi connectivity index (χ4n) is 3.42. The minimum atomic E-state index is -0.356. The molecule has 29 heavy (non-hydrogen) atoms. The number of thiocarbonyl (C=S) groups is 1. The summed E-state index contributed by atoms with van der Waals surface area (Å²) in [4.78, 5) is 6.52. The number of hydrogen-bond acceptors (Lipinski definition) is 4. The zero-order valence-electron chi connectivity index (χ0n) is 15.8. The third kappa shape index (κ3) is 3.75. The molecule has 0 saturated carbocycles. The molecule has 2 heterocycles. The van der Waals surface area contributed by atoms with E-state index < -0.39 is 0 Å². The molecule has 1 aliphatic rings. The van der Waals surface area contributed by atoms with Gasteiger partial charge in [0.2, 0.25) is 5.82 Å². The number of nitrogens with zero attached hydrogens (tertiary/aromatic N) is 3. The molecule has 1 atom stereocenters. The molecule has 5 nitrogen and oxygen atoms in total. The summed E-state index contributed by atoms with van der Waals surface area (Å²) in [6.45, 7) is 4.68. The van der Waals surface area contributed by atoms with Gasteiger partial charge in [0.05, 0.1) is 11.6 Å². The number of hydrogen-bond donors (Lipinski definition) is 1. The molecule has 0 saturated heterocycles. The van der Waals surface area contributed by atoms with E-state index in [1.807, 2.05) is 43.0 Å². The van der Waals surface area contributed by atoms with Crippen molar-refractivity contribution in [2.45, 2.75) is 19.9 Å². The van der Waals surface area contributed by atoms with Gasteiger partial charge in [0.1, 0.15) is 5.82 Å².